The van der Waals surface area contributed by atoms with E-state index >= 15 is 0 Å². The van der Waals surface area contributed by atoms with Crippen LogP contribution in [0.25, 0.3) is 0 Å². The van der Waals surface area contributed by atoms with E-state index in [0.717, 1.165) is 45.3 Å². The van der Waals surface area contributed by atoms with Gasteiger partial charge >= 0.3 is 0 Å². The van der Waals surface area contributed by atoms with Crippen molar-refractivity contribution in [2.24, 2.45) is 5.92 Å². The lowest BCUT2D eigenvalue weighted by Gasteiger charge is -2.34. The molecule has 3 heterocycles. The molecule has 3 aliphatic heterocycles. The van der Waals surface area contributed by atoms with E-state index in [1.165, 1.54) is 0 Å². The van der Waals surface area contributed by atoms with E-state index in [2.05, 4.69) is 20.9 Å². The molecule has 2 atom stereocenters. The van der Waals surface area contributed by atoms with Crippen molar-refractivity contribution in [1.29, 1.82) is 0 Å². The Labute approximate surface area is 148 Å². The highest BCUT2D eigenvalue weighted by molar-refractivity contribution is 5.86. The summed E-state index contributed by atoms with van der Waals surface area (Å²) in [4.78, 5) is 39.7. The maximum atomic E-state index is 12.4. The van der Waals surface area contributed by atoms with E-state index in [-0.39, 0.29) is 30.3 Å². The fraction of sp³-hybridized carbons (Fsp3) is 0.824. The predicted octanol–water partition coefficient (Wildman–Crippen LogP) is -1.47. The molecule has 8 nitrogen and oxygen atoms in total. The van der Waals surface area contributed by atoms with Crippen LogP contribution >= 0.6 is 0 Å². The molecule has 140 valence electrons. The van der Waals surface area contributed by atoms with Crippen molar-refractivity contribution in [3.63, 3.8) is 0 Å². The number of likely N-dealkylation sites (tertiary alicyclic amines) is 1. The minimum absolute atomic E-state index is 0.0229. The maximum Gasteiger partial charge on any atom is 0.239 e. The van der Waals surface area contributed by atoms with Crippen molar-refractivity contribution >= 4 is 17.7 Å². The van der Waals surface area contributed by atoms with Crippen molar-refractivity contribution in [2.45, 2.75) is 31.7 Å². The lowest BCUT2D eigenvalue weighted by molar-refractivity contribution is -0.139. The van der Waals surface area contributed by atoms with Gasteiger partial charge in [-0.3, -0.25) is 19.3 Å². The van der Waals surface area contributed by atoms with Gasteiger partial charge in [-0.1, -0.05) is 0 Å². The molecule has 0 spiro atoms. The van der Waals surface area contributed by atoms with Crippen LogP contribution < -0.4 is 16.0 Å². The zero-order valence-electron chi connectivity index (χ0n) is 14.8. The largest absolute Gasteiger partial charge is 0.354 e. The number of piperidine rings is 1. The summed E-state index contributed by atoms with van der Waals surface area (Å²) in [7, 11) is 0. The Hall–Kier alpha value is -1.67. The normalized spacial score (nSPS) is 27.8. The number of carbonyl (C=O) groups excluding carboxylic acids is 3. The SMILES string of the molecule is O=C1CN(C(=O)CN2CCCC(CNC(=O)C3CCCN3)C2)CCN1. The van der Waals surface area contributed by atoms with E-state index in [4.69, 9.17) is 0 Å². The summed E-state index contributed by atoms with van der Waals surface area (Å²) in [6.07, 6.45) is 4.09. The average Bonchev–Trinajstić information content (AvgIpc) is 3.15. The number of piperazine rings is 1. The molecule has 0 saturated carbocycles. The molecule has 3 N–H and O–H groups in total. The van der Waals surface area contributed by atoms with Gasteiger partial charge in [0.25, 0.3) is 0 Å². The molecular weight excluding hydrogens is 322 g/mol. The Kier molecular flexibility index (Phi) is 6.25. The third-order valence-electron chi connectivity index (χ3n) is 5.29. The molecule has 3 saturated heterocycles. The van der Waals surface area contributed by atoms with Crippen LogP contribution in [0.3, 0.4) is 0 Å². The van der Waals surface area contributed by atoms with Gasteiger partial charge in [0.15, 0.2) is 0 Å². The van der Waals surface area contributed by atoms with E-state index < -0.39 is 0 Å². The van der Waals surface area contributed by atoms with Crippen LogP contribution in [0.2, 0.25) is 0 Å². The molecule has 3 amide bonds. The number of hydrogen-bond acceptors (Lipinski definition) is 5. The van der Waals surface area contributed by atoms with Crippen LogP contribution in [0.5, 0.6) is 0 Å². The molecule has 8 heteroatoms. The summed E-state index contributed by atoms with van der Waals surface area (Å²) in [5, 5.41) is 9.01. The van der Waals surface area contributed by atoms with Crippen LogP contribution in [0, 0.1) is 5.92 Å². The summed E-state index contributed by atoms with van der Waals surface area (Å²) in [6, 6.07) is -0.0356. The molecule has 0 aromatic rings. The predicted molar refractivity (Wildman–Crippen MR) is 92.8 cm³/mol. The second-order valence-corrected chi connectivity index (χ2v) is 7.30. The van der Waals surface area contributed by atoms with Gasteiger partial charge in [0.1, 0.15) is 0 Å². The Morgan fingerprint density at radius 3 is 2.80 bits per heavy atom. The quantitative estimate of drug-likeness (QED) is 0.562. The molecule has 2 unspecified atom stereocenters. The summed E-state index contributed by atoms with van der Waals surface area (Å²) in [5.41, 5.74) is 0. The minimum atomic E-state index is -0.0839. The summed E-state index contributed by atoms with van der Waals surface area (Å²) in [5.74, 6) is 0.427. The zero-order chi connectivity index (χ0) is 17.6. The number of carbonyl (C=O) groups is 3. The molecule has 25 heavy (non-hydrogen) atoms. The molecular formula is C17H29N5O3. The summed E-state index contributed by atoms with van der Waals surface area (Å²) in [6.45, 7) is 4.98. The molecule has 3 aliphatic rings. The third kappa shape index (κ3) is 5.15. The van der Waals surface area contributed by atoms with Gasteiger partial charge in [-0.25, -0.2) is 0 Å². The van der Waals surface area contributed by atoms with Crippen LogP contribution in [-0.4, -0.2) is 85.9 Å². The van der Waals surface area contributed by atoms with E-state index in [0.29, 0.717) is 32.1 Å². The Balaban J connectivity index is 1.40. The van der Waals surface area contributed by atoms with Gasteiger partial charge in [-0.2, -0.15) is 0 Å². The van der Waals surface area contributed by atoms with E-state index in [1.54, 1.807) is 4.90 Å². The van der Waals surface area contributed by atoms with Gasteiger partial charge in [-0.15, -0.1) is 0 Å². The highest BCUT2D eigenvalue weighted by Gasteiger charge is 2.27. The molecule has 0 aromatic heterocycles. The zero-order valence-corrected chi connectivity index (χ0v) is 14.8. The second kappa shape index (κ2) is 8.62. The van der Waals surface area contributed by atoms with E-state index in [1.807, 2.05) is 0 Å². The molecule has 0 aromatic carbocycles. The van der Waals surface area contributed by atoms with E-state index in [9.17, 15) is 14.4 Å². The second-order valence-electron chi connectivity index (χ2n) is 7.30. The van der Waals surface area contributed by atoms with Crippen LogP contribution in [0.1, 0.15) is 25.7 Å². The van der Waals surface area contributed by atoms with Gasteiger partial charge in [0.2, 0.25) is 17.7 Å². The Morgan fingerprint density at radius 2 is 2.04 bits per heavy atom. The maximum absolute atomic E-state index is 12.4. The van der Waals surface area contributed by atoms with Gasteiger partial charge < -0.3 is 20.9 Å². The summed E-state index contributed by atoms with van der Waals surface area (Å²) < 4.78 is 0. The first-order valence-electron chi connectivity index (χ1n) is 9.40. The number of hydrogen-bond donors (Lipinski definition) is 3. The van der Waals surface area contributed by atoms with Crippen molar-refractivity contribution in [3.8, 4) is 0 Å². The molecule has 0 aliphatic carbocycles. The standard InChI is InChI=1S/C17H29N5O3/c23-15-11-22(8-6-19-15)16(24)12-21-7-2-3-13(10-21)9-20-17(25)14-4-1-5-18-14/h13-14,18H,1-12H2,(H,19,23)(H,20,25). The first-order valence-corrected chi connectivity index (χ1v) is 9.40. The van der Waals surface area contributed by atoms with Crippen LogP contribution in [0.15, 0.2) is 0 Å². The molecule has 3 fully saturated rings. The van der Waals surface area contributed by atoms with Gasteiger partial charge in [0, 0.05) is 26.2 Å². The van der Waals surface area contributed by atoms with Crippen molar-refractivity contribution < 1.29 is 14.4 Å². The average molecular weight is 351 g/mol. The first kappa shape index (κ1) is 18.1. The molecule has 3 rings (SSSR count). The lowest BCUT2D eigenvalue weighted by atomic mass is 9.97. The molecule has 0 radical (unpaired) electrons. The fourth-order valence-electron chi connectivity index (χ4n) is 3.88. The smallest absolute Gasteiger partial charge is 0.239 e. The third-order valence-corrected chi connectivity index (χ3v) is 5.29. The van der Waals surface area contributed by atoms with Crippen molar-refractivity contribution in [3.05, 3.63) is 0 Å². The minimum Gasteiger partial charge on any atom is -0.354 e. The van der Waals surface area contributed by atoms with Crippen LogP contribution in [0.4, 0.5) is 0 Å². The van der Waals surface area contributed by atoms with Gasteiger partial charge in [0.05, 0.1) is 19.1 Å². The number of rotatable bonds is 5. The monoisotopic (exact) mass is 351 g/mol. The molecule has 0 bridgehead atoms. The number of nitrogens with one attached hydrogen (secondary N) is 3. The Morgan fingerprint density at radius 1 is 1.16 bits per heavy atom. The lowest BCUT2D eigenvalue weighted by Crippen LogP contribution is -2.53. The summed E-state index contributed by atoms with van der Waals surface area (Å²) >= 11 is 0. The highest BCUT2D eigenvalue weighted by Crippen LogP contribution is 2.16. The first-order chi connectivity index (χ1) is 12.1. The Bertz CT molecular complexity index is 507. The van der Waals surface area contributed by atoms with Crippen LogP contribution in [-0.2, 0) is 14.4 Å². The number of nitrogens with zero attached hydrogens (tertiary/aromatic N) is 2. The topological polar surface area (TPSA) is 93.8 Å². The highest BCUT2D eigenvalue weighted by atomic mass is 16.2. The van der Waals surface area contributed by atoms with Crippen molar-refractivity contribution in [1.82, 2.24) is 25.8 Å². The fourth-order valence-corrected chi connectivity index (χ4v) is 3.88. The van der Waals surface area contributed by atoms with Gasteiger partial charge in [-0.05, 0) is 44.7 Å². The number of amides is 3. The van der Waals surface area contributed by atoms with Crippen molar-refractivity contribution in [2.75, 3.05) is 52.4 Å².